The average molecular weight is 305 g/mol. The SMILES string of the molecule is CC(CCc1ccc2c(c1)OCO2)NCCOC1CCCC1. The number of benzene rings is 1. The molecular weight excluding hydrogens is 278 g/mol. The Morgan fingerprint density at radius 3 is 2.91 bits per heavy atom. The Kier molecular flexibility index (Phi) is 5.57. The summed E-state index contributed by atoms with van der Waals surface area (Å²) >= 11 is 0. The number of fused-ring (bicyclic) bond motifs is 1. The topological polar surface area (TPSA) is 39.7 Å². The van der Waals surface area contributed by atoms with E-state index in [-0.39, 0.29) is 0 Å². The Morgan fingerprint density at radius 2 is 2.05 bits per heavy atom. The predicted octanol–water partition coefficient (Wildman–Crippen LogP) is 3.29. The maximum absolute atomic E-state index is 5.87. The molecule has 0 saturated heterocycles. The van der Waals surface area contributed by atoms with Crippen molar-refractivity contribution in [3.8, 4) is 11.5 Å². The van der Waals surface area contributed by atoms with Crippen LogP contribution in [0.25, 0.3) is 0 Å². The highest BCUT2D eigenvalue weighted by molar-refractivity contribution is 5.44. The third-order valence-corrected chi connectivity index (χ3v) is 4.55. The number of hydrogen-bond donors (Lipinski definition) is 1. The Morgan fingerprint density at radius 1 is 1.23 bits per heavy atom. The van der Waals surface area contributed by atoms with E-state index in [2.05, 4.69) is 24.4 Å². The molecule has 122 valence electrons. The van der Waals surface area contributed by atoms with Crippen molar-refractivity contribution in [2.45, 2.75) is 57.6 Å². The minimum Gasteiger partial charge on any atom is -0.454 e. The van der Waals surface area contributed by atoms with Crippen molar-refractivity contribution in [2.75, 3.05) is 19.9 Å². The molecule has 1 aromatic rings. The van der Waals surface area contributed by atoms with E-state index in [4.69, 9.17) is 14.2 Å². The zero-order chi connectivity index (χ0) is 15.2. The first kappa shape index (κ1) is 15.6. The lowest BCUT2D eigenvalue weighted by Crippen LogP contribution is -2.30. The van der Waals surface area contributed by atoms with Gasteiger partial charge in [-0.3, -0.25) is 0 Å². The molecule has 1 aromatic carbocycles. The van der Waals surface area contributed by atoms with Gasteiger partial charge in [0.1, 0.15) is 0 Å². The van der Waals surface area contributed by atoms with E-state index in [0.717, 1.165) is 37.5 Å². The zero-order valence-electron chi connectivity index (χ0n) is 13.5. The molecule has 0 aromatic heterocycles. The molecule has 1 N–H and O–H groups in total. The summed E-state index contributed by atoms with van der Waals surface area (Å²) in [7, 11) is 0. The van der Waals surface area contributed by atoms with Gasteiger partial charge < -0.3 is 19.5 Å². The molecule has 3 rings (SSSR count). The molecule has 1 heterocycles. The summed E-state index contributed by atoms with van der Waals surface area (Å²) in [6, 6.07) is 6.73. The van der Waals surface area contributed by atoms with E-state index < -0.39 is 0 Å². The van der Waals surface area contributed by atoms with Crippen LogP contribution in [0.15, 0.2) is 18.2 Å². The molecule has 2 aliphatic rings. The molecule has 1 aliphatic heterocycles. The van der Waals surface area contributed by atoms with Gasteiger partial charge in [0, 0.05) is 12.6 Å². The average Bonchev–Trinajstić information content (AvgIpc) is 3.20. The van der Waals surface area contributed by atoms with E-state index in [1.54, 1.807) is 0 Å². The molecule has 4 heteroatoms. The van der Waals surface area contributed by atoms with Crippen LogP contribution in [0.4, 0.5) is 0 Å². The molecule has 1 atom stereocenters. The Balaban J connectivity index is 1.31. The van der Waals surface area contributed by atoms with Crippen LogP contribution in [0.3, 0.4) is 0 Å². The molecule has 1 unspecified atom stereocenters. The molecule has 0 bridgehead atoms. The molecule has 0 spiro atoms. The van der Waals surface area contributed by atoms with Gasteiger partial charge in [0.25, 0.3) is 0 Å². The number of rotatable bonds is 8. The van der Waals surface area contributed by atoms with Crippen LogP contribution in [0.5, 0.6) is 11.5 Å². The maximum atomic E-state index is 5.87. The van der Waals surface area contributed by atoms with E-state index in [1.807, 2.05) is 6.07 Å². The molecule has 0 amide bonds. The maximum Gasteiger partial charge on any atom is 0.231 e. The van der Waals surface area contributed by atoms with Gasteiger partial charge in [-0.2, -0.15) is 0 Å². The van der Waals surface area contributed by atoms with E-state index in [0.29, 0.717) is 18.9 Å². The minimum absolute atomic E-state index is 0.345. The van der Waals surface area contributed by atoms with Gasteiger partial charge in [0.15, 0.2) is 11.5 Å². The molecule has 4 nitrogen and oxygen atoms in total. The van der Waals surface area contributed by atoms with Crippen molar-refractivity contribution in [1.29, 1.82) is 0 Å². The highest BCUT2D eigenvalue weighted by Crippen LogP contribution is 2.32. The minimum atomic E-state index is 0.345. The van der Waals surface area contributed by atoms with Gasteiger partial charge in [0.2, 0.25) is 6.79 Å². The first-order valence-corrected chi connectivity index (χ1v) is 8.55. The Labute approximate surface area is 133 Å². The fourth-order valence-electron chi connectivity index (χ4n) is 3.17. The highest BCUT2D eigenvalue weighted by Gasteiger charge is 2.15. The largest absolute Gasteiger partial charge is 0.454 e. The van der Waals surface area contributed by atoms with Gasteiger partial charge in [-0.1, -0.05) is 18.9 Å². The van der Waals surface area contributed by atoms with Crippen LogP contribution in [-0.4, -0.2) is 32.1 Å². The number of aryl methyl sites for hydroxylation is 1. The van der Waals surface area contributed by atoms with Crippen molar-refractivity contribution >= 4 is 0 Å². The third-order valence-electron chi connectivity index (χ3n) is 4.55. The van der Waals surface area contributed by atoms with Crippen LogP contribution < -0.4 is 14.8 Å². The highest BCUT2D eigenvalue weighted by atomic mass is 16.7. The summed E-state index contributed by atoms with van der Waals surface area (Å²) in [5.41, 5.74) is 1.31. The summed E-state index contributed by atoms with van der Waals surface area (Å²) in [6.45, 7) is 4.36. The Bertz CT molecular complexity index is 471. The lowest BCUT2D eigenvalue weighted by atomic mass is 10.1. The molecule has 1 saturated carbocycles. The predicted molar refractivity (Wildman–Crippen MR) is 86.6 cm³/mol. The Hall–Kier alpha value is -1.26. The van der Waals surface area contributed by atoms with Crippen LogP contribution in [0.2, 0.25) is 0 Å². The standard InChI is InChI=1S/C18H27NO3/c1-14(19-10-11-20-16-4-2-3-5-16)6-7-15-8-9-17-18(12-15)22-13-21-17/h8-9,12,14,16,19H,2-7,10-11,13H2,1H3. The molecule has 22 heavy (non-hydrogen) atoms. The van der Waals surface area contributed by atoms with Gasteiger partial charge >= 0.3 is 0 Å². The number of hydrogen-bond acceptors (Lipinski definition) is 4. The van der Waals surface area contributed by atoms with Gasteiger partial charge in [-0.25, -0.2) is 0 Å². The van der Waals surface area contributed by atoms with Crippen LogP contribution in [0.1, 0.15) is 44.6 Å². The third kappa shape index (κ3) is 4.37. The first-order chi connectivity index (χ1) is 10.8. The number of ether oxygens (including phenoxy) is 3. The second-order valence-electron chi connectivity index (χ2n) is 6.36. The van der Waals surface area contributed by atoms with Gasteiger partial charge in [-0.15, -0.1) is 0 Å². The summed E-state index contributed by atoms with van der Waals surface area (Å²) in [4.78, 5) is 0. The summed E-state index contributed by atoms with van der Waals surface area (Å²) in [6.07, 6.45) is 7.86. The summed E-state index contributed by atoms with van der Waals surface area (Å²) in [5.74, 6) is 1.74. The molecule has 0 radical (unpaired) electrons. The lowest BCUT2D eigenvalue weighted by Gasteiger charge is -2.16. The monoisotopic (exact) mass is 305 g/mol. The van der Waals surface area contributed by atoms with Crippen molar-refractivity contribution in [2.24, 2.45) is 0 Å². The fraction of sp³-hybridized carbons (Fsp3) is 0.667. The molecule has 1 aliphatic carbocycles. The van der Waals surface area contributed by atoms with E-state index in [9.17, 15) is 0 Å². The quantitative estimate of drug-likeness (QED) is 0.748. The van der Waals surface area contributed by atoms with Crippen molar-refractivity contribution < 1.29 is 14.2 Å². The fourth-order valence-corrected chi connectivity index (χ4v) is 3.17. The normalized spacial score (nSPS) is 18.8. The summed E-state index contributed by atoms with van der Waals surface area (Å²) in [5, 5.41) is 3.55. The first-order valence-electron chi connectivity index (χ1n) is 8.55. The van der Waals surface area contributed by atoms with Crippen molar-refractivity contribution in [3.05, 3.63) is 23.8 Å². The number of nitrogens with one attached hydrogen (secondary N) is 1. The smallest absolute Gasteiger partial charge is 0.231 e. The van der Waals surface area contributed by atoms with E-state index >= 15 is 0 Å². The van der Waals surface area contributed by atoms with Crippen LogP contribution in [-0.2, 0) is 11.2 Å². The van der Waals surface area contributed by atoms with Gasteiger partial charge in [-0.05, 0) is 50.3 Å². The van der Waals surface area contributed by atoms with Crippen LogP contribution >= 0.6 is 0 Å². The molecule has 1 fully saturated rings. The van der Waals surface area contributed by atoms with Crippen molar-refractivity contribution in [3.63, 3.8) is 0 Å². The zero-order valence-corrected chi connectivity index (χ0v) is 13.5. The summed E-state index contributed by atoms with van der Waals surface area (Å²) < 4.78 is 16.6. The van der Waals surface area contributed by atoms with E-state index in [1.165, 1.54) is 31.2 Å². The van der Waals surface area contributed by atoms with Crippen molar-refractivity contribution in [1.82, 2.24) is 5.32 Å². The van der Waals surface area contributed by atoms with Gasteiger partial charge in [0.05, 0.1) is 12.7 Å². The van der Waals surface area contributed by atoms with Crippen LogP contribution in [0, 0.1) is 0 Å². The molecular formula is C18H27NO3. The second kappa shape index (κ2) is 7.84. The lowest BCUT2D eigenvalue weighted by molar-refractivity contribution is 0.0592. The second-order valence-corrected chi connectivity index (χ2v) is 6.36.